The molecule has 1 aromatic carbocycles. The molecule has 0 radical (unpaired) electrons. The molecule has 0 aliphatic heterocycles. The number of anilines is 1. The lowest BCUT2D eigenvalue weighted by molar-refractivity contribution is 0.897. The topological polar surface area (TPSA) is 24.9 Å². The predicted molar refractivity (Wildman–Crippen MR) is 71.0 cm³/mol. The molecular formula is C13H16N2S. The third-order valence-corrected chi connectivity index (χ3v) is 3.16. The Morgan fingerprint density at radius 2 is 1.88 bits per heavy atom. The summed E-state index contributed by atoms with van der Waals surface area (Å²) in [6.07, 6.45) is 0. The first-order valence-electron chi connectivity index (χ1n) is 5.46. The van der Waals surface area contributed by atoms with Gasteiger partial charge in [-0.15, -0.1) is 11.3 Å². The average Bonchev–Trinajstić information content (AvgIpc) is 2.60. The zero-order valence-corrected chi connectivity index (χ0v) is 10.6. The van der Waals surface area contributed by atoms with E-state index in [1.54, 1.807) is 11.3 Å². The quantitative estimate of drug-likeness (QED) is 0.867. The van der Waals surface area contributed by atoms with Crippen molar-refractivity contribution in [1.82, 2.24) is 4.98 Å². The molecule has 0 saturated heterocycles. The molecule has 1 N–H and O–H groups in total. The molecule has 2 rings (SSSR count). The zero-order chi connectivity index (χ0) is 11.5. The van der Waals surface area contributed by atoms with Crippen LogP contribution in [0, 0.1) is 6.92 Å². The van der Waals surface area contributed by atoms with Gasteiger partial charge in [-0.05, 0) is 20.8 Å². The number of hydrogen-bond acceptors (Lipinski definition) is 3. The number of aryl methyl sites for hydroxylation is 1. The van der Waals surface area contributed by atoms with Crippen molar-refractivity contribution in [2.45, 2.75) is 26.8 Å². The first-order valence-corrected chi connectivity index (χ1v) is 6.28. The first-order chi connectivity index (χ1) is 7.66. The van der Waals surface area contributed by atoms with Crippen LogP contribution in [-0.2, 0) is 0 Å². The maximum absolute atomic E-state index is 4.63. The minimum absolute atomic E-state index is 0.425. The Balaban J connectivity index is 2.32. The molecule has 0 bridgehead atoms. The van der Waals surface area contributed by atoms with Gasteiger partial charge >= 0.3 is 0 Å². The number of aromatic nitrogens is 1. The van der Waals surface area contributed by atoms with Gasteiger partial charge < -0.3 is 5.32 Å². The number of hydrogen-bond donors (Lipinski definition) is 1. The van der Waals surface area contributed by atoms with Crippen LogP contribution in [0.1, 0.15) is 18.7 Å². The minimum atomic E-state index is 0.425. The second kappa shape index (κ2) is 4.66. The number of rotatable bonds is 3. The first kappa shape index (κ1) is 11.1. The molecule has 16 heavy (non-hydrogen) atoms. The summed E-state index contributed by atoms with van der Waals surface area (Å²) < 4.78 is 0. The van der Waals surface area contributed by atoms with E-state index >= 15 is 0 Å². The van der Waals surface area contributed by atoms with Gasteiger partial charge in [0, 0.05) is 16.5 Å². The molecule has 0 unspecified atom stereocenters. The molecule has 1 aromatic heterocycles. The van der Waals surface area contributed by atoms with Gasteiger partial charge in [-0.2, -0.15) is 0 Å². The Labute approximate surface area is 100 Å². The van der Waals surface area contributed by atoms with E-state index in [9.17, 15) is 0 Å². The van der Waals surface area contributed by atoms with Gasteiger partial charge in [0.1, 0.15) is 0 Å². The highest BCUT2D eigenvalue weighted by atomic mass is 32.1. The molecule has 1 heterocycles. The third-order valence-electron chi connectivity index (χ3n) is 2.26. The van der Waals surface area contributed by atoms with E-state index in [-0.39, 0.29) is 0 Å². The van der Waals surface area contributed by atoms with Gasteiger partial charge in [0.2, 0.25) is 0 Å². The van der Waals surface area contributed by atoms with Gasteiger partial charge in [0.15, 0.2) is 5.13 Å². The van der Waals surface area contributed by atoms with Gasteiger partial charge in [0.25, 0.3) is 0 Å². The molecule has 2 nitrogen and oxygen atoms in total. The molecule has 0 aliphatic rings. The smallest absolute Gasteiger partial charge is 0.183 e. The van der Waals surface area contributed by atoms with Crippen LogP contribution in [0.2, 0.25) is 0 Å². The minimum Gasteiger partial charge on any atom is -0.359 e. The average molecular weight is 232 g/mol. The second-order valence-electron chi connectivity index (χ2n) is 4.09. The Hall–Kier alpha value is -1.35. The van der Waals surface area contributed by atoms with E-state index in [1.807, 2.05) is 18.2 Å². The van der Waals surface area contributed by atoms with Crippen LogP contribution in [0.3, 0.4) is 0 Å². The van der Waals surface area contributed by atoms with E-state index in [0.29, 0.717) is 6.04 Å². The van der Waals surface area contributed by atoms with Crippen molar-refractivity contribution in [2.75, 3.05) is 5.32 Å². The third kappa shape index (κ3) is 2.42. The van der Waals surface area contributed by atoms with E-state index in [0.717, 1.165) is 10.8 Å². The highest BCUT2D eigenvalue weighted by molar-refractivity contribution is 7.16. The SMILES string of the molecule is Cc1sc(NC(C)C)nc1-c1ccccc1. The number of nitrogens with zero attached hydrogens (tertiary/aromatic N) is 1. The normalized spacial score (nSPS) is 10.8. The number of thiazole rings is 1. The fourth-order valence-corrected chi connectivity index (χ4v) is 2.55. The van der Waals surface area contributed by atoms with Crippen molar-refractivity contribution in [3.05, 3.63) is 35.2 Å². The van der Waals surface area contributed by atoms with Crippen LogP contribution < -0.4 is 5.32 Å². The Morgan fingerprint density at radius 1 is 1.19 bits per heavy atom. The lowest BCUT2D eigenvalue weighted by Crippen LogP contribution is -2.08. The van der Waals surface area contributed by atoms with E-state index in [4.69, 9.17) is 0 Å². The Kier molecular flexibility index (Phi) is 3.25. The summed E-state index contributed by atoms with van der Waals surface area (Å²) in [5.41, 5.74) is 2.28. The van der Waals surface area contributed by atoms with Crippen molar-refractivity contribution >= 4 is 16.5 Å². The van der Waals surface area contributed by atoms with Gasteiger partial charge in [-0.25, -0.2) is 4.98 Å². The lowest BCUT2D eigenvalue weighted by atomic mass is 10.1. The fourth-order valence-electron chi connectivity index (χ4n) is 1.57. The van der Waals surface area contributed by atoms with Crippen molar-refractivity contribution in [3.8, 4) is 11.3 Å². The summed E-state index contributed by atoms with van der Waals surface area (Å²) in [6.45, 7) is 6.36. The van der Waals surface area contributed by atoms with Crippen LogP contribution >= 0.6 is 11.3 Å². The predicted octanol–water partition coefficient (Wildman–Crippen LogP) is 3.94. The standard InChI is InChI=1S/C13H16N2S/c1-9(2)14-13-15-12(10(3)16-13)11-7-5-4-6-8-11/h4-9H,1-3H3,(H,14,15). The summed E-state index contributed by atoms with van der Waals surface area (Å²) in [4.78, 5) is 5.89. The maximum atomic E-state index is 4.63. The maximum Gasteiger partial charge on any atom is 0.183 e. The second-order valence-corrected chi connectivity index (χ2v) is 5.29. The van der Waals surface area contributed by atoms with E-state index in [2.05, 4.69) is 43.2 Å². The molecular weight excluding hydrogens is 216 g/mol. The van der Waals surface area contributed by atoms with Crippen molar-refractivity contribution in [1.29, 1.82) is 0 Å². The fraction of sp³-hybridized carbons (Fsp3) is 0.308. The summed E-state index contributed by atoms with van der Waals surface area (Å²) in [5.74, 6) is 0. The van der Waals surface area contributed by atoms with Crippen LogP contribution in [0.4, 0.5) is 5.13 Å². The molecule has 0 saturated carbocycles. The molecule has 2 aromatic rings. The highest BCUT2D eigenvalue weighted by Gasteiger charge is 2.09. The molecule has 0 atom stereocenters. The molecule has 0 spiro atoms. The summed E-state index contributed by atoms with van der Waals surface area (Å²) in [5, 5.41) is 4.35. The summed E-state index contributed by atoms with van der Waals surface area (Å²) >= 11 is 1.72. The number of benzene rings is 1. The van der Waals surface area contributed by atoms with Gasteiger partial charge in [0.05, 0.1) is 5.69 Å². The van der Waals surface area contributed by atoms with Crippen molar-refractivity contribution in [2.24, 2.45) is 0 Å². The van der Waals surface area contributed by atoms with Crippen LogP contribution in [-0.4, -0.2) is 11.0 Å². The van der Waals surface area contributed by atoms with Crippen molar-refractivity contribution < 1.29 is 0 Å². The van der Waals surface area contributed by atoms with Crippen LogP contribution in [0.15, 0.2) is 30.3 Å². The molecule has 0 amide bonds. The Morgan fingerprint density at radius 3 is 2.50 bits per heavy atom. The monoisotopic (exact) mass is 232 g/mol. The largest absolute Gasteiger partial charge is 0.359 e. The molecule has 3 heteroatoms. The summed E-state index contributed by atoms with van der Waals surface area (Å²) in [7, 11) is 0. The molecule has 0 aliphatic carbocycles. The highest BCUT2D eigenvalue weighted by Crippen LogP contribution is 2.30. The van der Waals surface area contributed by atoms with Crippen molar-refractivity contribution in [3.63, 3.8) is 0 Å². The number of nitrogens with one attached hydrogen (secondary N) is 1. The Bertz CT molecular complexity index is 460. The van der Waals surface area contributed by atoms with Gasteiger partial charge in [-0.3, -0.25) is 0 Å². The summed E-state index contributed by atoms with van der Waals surface area (Å²) in [6, 6.07) is 10.7. The van der Waals surface area contributed by atoms with E-state index in [1.165, 1.54) is 10.4 Å². The van der Waals surface area contributed by atoms with Crippen LogP contribution in [0.25, 0.3) is 11.3 Å². The van der Waals surface area contributed by atoms with Gasteiger partial charge in [-0.1, -0.05) is 30.3 Å². The molecule has 0 fully saturated rings. The zero-order valence-electron chi connectivity index (χ0n) is 9.82. The lowest BCUT2D eigenvalue weighted by Gasteiger charge is -2.04. The molecule has 84 valence electrons. The van der Waals surface area contributed by atoms with E-state index < -0.39 is 0 Å². The van der Waals surface area contributed by atoms with Crippen LogP contribution in [0.5, 0.6) is 0 Å².